The molecule has 0 radical (unpaired) electrons. The topological polar surface area (TPSA) is 12.9 Å². The van der Waals surface area contributed by atoms with Crippen LogP contribution in [0.1, 0.15) is 17.6 Å². The van der Waals surface area contributed by atoms with E-state index in [-0.39, 0.29) is 23.9 Å². The van der Waals surface area contributed by atoms with Crippen molar-refractivity contribution in [1.82, 2.24) is 4.98 Å². The first kappa shape index (κ1) is 11.6. The molecule has 1 rings (SSSR count). The van der Waals surface area contributed by atoms with Gasteiger partial charge in [0.1, 0.15) is 0 Å². The molecular formula is C7H7Cl2F2N. The van der Waals surface area contributed by atoms with Crippen LogP contribution in [0.25, 0.3) is 0 Å². The van der Waals surface area contributed by atoms with Gasteiger partial charge in [-0.25, -0.2) is 8.78 Å². The number of aromatic nitrogens is 1. The minimum atomic E-state index is -2.49. The van der Waals surface area contributed by atoms with Gasteiger partial charge in [-0.2, -0.15) is 0 Å². The van der Waals surface area contributed by atoms with E-state index >= 15 is 0 Å². The van der Waals surface area contributed by atoms with Gasteiger partial charge in [-0.15, -0.1) is 24.0 Å². The molecule has 0 aliphatic heterocycles. The van der Waals surface area contributed by atoms with Crippen molar-refractivity contribution < 1.29 is 8.78 Å². The predicted molar refractivity (Wildman–Crippen MR) is 46.0 cm³/mol. The SMILES string of the molecule is Cl.FC(F)c1cnccc1CCl. The summed E-state index contributed by atoms with van der Waals surface area (Å²) in [6.07, 6.45) is 0.101. The second-order valence-corrected chi connectivity index (χ2v) is 2.28. The summed E-state index contributed by atoms with van der Waals surface area (Å²) in [5.74, 6) is 0.0994. The zero-order valence-corrected chi connectivity index (χ0v) is 7.58. The maximum Gasteiger partial charge on any atom is 0.265 e. The Morgan fingerprint density at radius 1 is 1.50 bits per heavy atom. The summed E-state index contributed by atoms with van der Waals surface area (Å²) < 4.78 is 24.2. The highest BCUT2D eigenvalue weighted by Crippen LogP contribution is 2.22. The van der Waals surface area contributed by atoms with E-state index < -0.39 is 6.43 Å². The second-order valence-electron chi connectivity index (χ2n) is 2.01. The third-order valence-electron chi connectivity index (χ3n) is 1.33. The van der Waals surface area contributed by atoms with Crippen LogP contribution in [-0.2, 0) is 5.88 Å². The van der Waals surface area contributed by atoms with Crippen LogP contribution in [0.3, 0.4) is 0 Å². The number of rotatable bonds is 2. The molecule has 0 unspecified atom stereocenters. The van der Waals surface area contributed by atoms with E-state index in [1.54, 1.807) is 0 Å². The summed E-state index contributed by atoms with van der Waals surface area (Å²) in [6, 6.07) is 1.49. The molecule has 1 nitrogen and oxygen atoms in total. The number of hydrogen-bond acceptors (Lipinski definition) is 1. The Bertz CT molecular complexity index is 243. The van der Waals surface area contributed by atoms with Gasteiger partial charge in [0, 0.05) is 23.8 Å². The van der Waals surface area contributed by atoms with E-state index in [0.717, 1.165) is 6.20 Å². The van der Waals surface area contributed by atoms with E-state index in [0.29, 0.717) is 5.56 Å². The average Bonchev–Trinajstić information content (AvgIpc) is 2.04. The molecule has 0 saturated heterocycles. The van der Waals surface area contributed by atoms with Crippen LogP contribution in [0.5, 0.6) is 0 Å². The third-order valence-corrected chi connectivity index (χ3v) is 1.61. The monoisotopic (exact) mass is 213 g/mol. The van der Waals surface area contributed by atoms with Crippen molar-refractivity contribution in [1.29, 1.82) is 0 Å². The Balaban J connectivity index is 0.00000121. The molecule has 12 heavy (non-hydrogen) atoms. The van der Waals surface area contributed by atoms with Crippen molar-refractivity contribution in [3.8, 4) is 0 Å². The number of pyridine rings is 1. The van der Waals surface area contributed by atoms with Crippen LogP contribution >= 0.6 is 24.0 Å². The Morgan fingerprint density at radius 3 is 2.58 bits per heavy atom. The molecule has 5 heteroatoms. The summed E-state index contributed by atoms with van der Waals surface area (Å²) in [5, 5.41) is 0. The normalized spacial score (nSPS) is 9.67. The fourth-order valence-corrected chi connectivity index (χ4v) is 0.997. The summed E-state index contributed by atoms with van der Waals surface area (Å²) in [4.78, 5) is 3.58. The summed E-state index contributed by atoms with van der Waals surface area (Å²) >= 11 is 5.42. The minimum Gasteiger partial charge on any atom is -0.264 e. The van der Waals surface area contributed by atoms with Gasteiger partial charge >= 0.3 is 0 Å². The van der Waals surface area contributed by atoms with Gasteiger partial charge in [-0.3, -0.25) is 4.98 Å². The van der Waals surface area contributed by atoms with Crippen LogP contribution in [0, 0.1) is 0 Å². The van der Waals surface area contributed by atoms with E-state index in [9.17, 15) is 8.78 Å². The molecule has 1 heterocycles. The largest absolute Gasteiger partial charge is 0.265 e. The lowest BCUT2D eigenvalue weighted by Gasteiger charge is -2.02. The minimum absolute atomic E-state index is 0. The highest BCUT2D eigenvalue weighted by atomic mass is 35.5. The first-order chi connectivity index (χ1) is 5.25. The molecule has 1 aromatic rings. The van der Waals surface area contributed by atoms with Crippen LogP contribution < -0.4 is 0 Å². The van der Waals surface area contributed by atoms with Crippen molar-refractivity contribution >= 4 is 24.0 Å². The maximum atomic E-state index is 12.1. The van der Waals surface area contributed by atoms with Crippen molar-refractivity contribution in [2.45, 2.75) is 12.3 Å². The lowest BCUT2D eigenvalue weighted by molar-refractivity contribution is 0.150. The zero-order chi connectivity index (χ0) is 8.27. The lowest BCUT2D eigenvalue weighted by atomic mass is 10.2. The van der Waals surface area contributed by atoms with Crippen molar-refractivity contribution in [2.24, 2.45) is 0 Å². The van der Waals surface area contributed by atoms with Crippen LogP contribution in [0.2, 0.25) is 0 Å². The summed E-state index contributed by atoms with van der Waals surface area (Å²) in [6.45, 7) is 0. The Hall–Kier alpha value is -0.410. The number of nitrogens with zero attached hydrogens (tertiary/aromatic N) is 1. The standard InChI is InChI=1S/C7H6ClF2N.ClH/c8-3-5-1-2-11-4-6(5)7(9)10;/h1-2,4,7H,3H2;1H. The van der Waals surface area contributed by atoms with Crippen LogP contribution in [-0.4, -0.2) is 4.98 Å². The molecule has 0 bridgehead atoms. The first-order valence-electron chi connectivity index (χ1n) is 3.02. The highest BCUT2D eigenvalue weighted by Gasteiger charge is 2.11. The van der Waals surface area contributed by atoms with Gasteiger partial charge in [0.2, 0.25) is 0 Å². The predicted octanol–water partition coefficient (Wildman–Crippen LogP) is 3.18. The Labute approximate surface area is 80.2 Å². The average molecular weight is 214 g/mol. The fourth-order valence-electron chi connectivity index (χ4n) is 0.754. The van der Waals surface area contributed by atoms with Crippen LogP contribution in [0.15, 0.2) is 18.5 Å². The van der Waals surface area contributed by atoms with Crippen LogP contribution in [0.4, 0.5) is 8.78 Å². The Morgan fingerprint density at radius 2 is 2.17 bits per heavy atom. The van der Waals surface area contributed by atoms with Gasteiger partial charge < -0.3 is 0 Å². The molecular weight excluding hydrogens is 207 g/mol. The molecule has 0 saturated carbocycles. The molecule has 0 aliphatic rings. The van der Waals surface area contributed by atoms with Gasteiger partial charge in [-0.1, -0.05) is 0 Å². The number of alkyl halides is 3. The molecule has 0 N–H and O–H groups in total. The van der Waals surface area contributed by atoms with Gasteiger partial charge in [0.25, 0.3) is 6.43 Å². The van der Waals surface area contributed by atoms with Gasteiger partial charge in [-0.05, 0) is 11.6 Å². The number of halogens is 4. The van der Waals surface area contributed by atoms with E-state index in [1.165, 1.54) is 12.3 Å². The second kappa shape index (κ2) is 5.27. The molecule has 0 aliphatic carbocycles. The van der Waals surface area contributed by atoms with Crippen molar-refractivity contribution in [3.05, 3.63) is 29.6 Å². The zero-order valence-electron chi connectivity index (χ0n) is 6.01. The smallest absolute Gasteiger partial charge is 0.264 e. The molecule has 68 valence electrons. The third kappa shape index (κ3) is 2.57. The Kier molecular flexibility index (Phi) is 5.09. The van der Waals surface area contributed by atoms with Crippen molar-refractivity contribution in [3.63, 3.8) is 0 Å². The molecule has 0 atom stereocenters. The molecule has 1 aromatic heterocycles. The summed E-state index contributed by atoms with van der Waals surface area (Å²) in [7, 11) is 0. The molecule has 0 fully saturated rings. The van der Waals surface area contributed by atoms with E-state index in [4.69, 9.17) is 11.6 Å². The lowest BCUT2D eigenvalue weighted by Crippen LogP contribution is -1.92. The molecule has 0 amide bonds. The highest BCUT2D eigenvalue weighted by molar-refractivity contribution is 6.17. The summed E-state index contributed by atoms with van der Waals surface area (Å²) in [5.41, 5.74) is 0.360. The van der Waals surface area contributed by atoms with Crippen molar-refractivity contribution in [2.75, 3.05) is 0 Å². The first-order valence-corrected chi connectivity index (χ1v) is 3.56. The van der Waals surface area contributed by atoms with E-state index in [2.05, 4.69) is 4.98 Å². The van der Waals surface area contributed by atoms with Gasteiger partial charge in [0.05, 0.1) is 0 Å². The maximum absolute atomic E-state index is 12.1. The quantitative estimate of drug-likeness (QED) is 0.689. The fraction of sp³-hybridized carbons (Fsp3) is 0.286. The van der Waals surface area contributed by atoms with Gasteiger partial charge in [0.15, 0.2) is 0 Å². The van der Waals surface area contributed by atoms with E-state index in [1.807, 2.05) is 0 Å². The number of hydrogen-bond donors (Lipinski definition) is 0. The molecule has 0 spiro atoms. The molecule has 0 aromatic carbocycles.